The normalized spacial score (nSPS) is 11.9. The molecule has 0 bridgehead atoms. The highest BCUT2D eigenvalue weighted by Crippen LogP contribution is 2.46. The molecule has 0 unspecified atom stereocenters. The molecule has 36 heavy (non-hydrogen) atoms. The van der Waals surface area contributed by atoms with Gasteiger partial charge in [0.2, 0.25) is 0 Å². The first kappa shape index (κ1) is 19.5. The van der Waals surface area contributed by atoms with E-state index in [0.717, 1.165) is 5.56 Å². The summed E-state index contributed by atoms with van der Waals surface area (Å²) in [5, 5.41) is 12.8. The number of hydrogen-bond acceptors (Lipinski definition) is 2. The van der Waals surface area contributed by atoms with Gasteiger partial charge in [0.25, 0.3) is 0 Å². The van der Waals surface area contributed by atoms with Gasteiger partial charge < -0.3 is 0 Å². The van der Waals surface area contributed by atoms with Gasteiger partial charge in [-0.2, -0.15) is 0 Å². The van der Waals surface area contributed by atoms with Gasteiger partial charge in [-0.1, -0.05) is 103 Å². The smallest absolute Gasteiger partial charge is 0.115 e. The first-order valence-corrected chi connectivity index (χ1v) is 12.2. The summed E-state index contributed by atoms with van der Waals surface area (Å²) in [6.07, 6.45) is 5.42. The summed E-state index contributed by atoms with van der Waals surface area (Å²) >= 11 is 0. The van der Waals surface area contributed by atoms with Crippen molar-refractivity contribution in [3.05, 3.63) is 122 Å². The van der Waals surface area contributed by atoms with Crippen LogP contribution in [0.5, 0.6) is 0 Å². The second kappa shape index (κ2) is 7.34. The molecule has 8 aromatic rings. The summed E-state index contributed by atoms with van der Waals surface area (Å²) in [6.45, 7) is 0. The molecule has 0 fully saturated rings. The number of aromatic nitrogens is 2. The second-order valence-corrected chi connectivity index (χ2v) is 9.44. The molecule has 2 nitrogen and oxygen atoms in total. The van der Waals surface area contributed by atoms with Crippen LogP contribution in [0, 0.1) is 0 Å². The largest absolute Gasteiger partial charge is 0.244 e. The molecule has 0 radical (unpaired) electrons. The van der Waals surface area contributed by atoms with Crippen LogP contribution in [-0.2, 0) is 0 Å². The maximum Gasteiger partial charge on any atom is 0.115 e. The molecular weight excluding hydrogens is 436 g/mol. The molecule has 8 rings (SSSR count). The molecule has 1 heterocycles. The van der Waals surface area contributed by atoms with Gasteiger partial charge >= 0.3 is 0 Å². The van der Waals surface area contributed by atoms with Crippen molar-refractivity contribution in [3.8, 4) is 22.3 Å². The van der Waals surface area contributed by atoms with Crippen LogP contribution in [-0.4, -0.2) is 9.97 Å². The molecule has 1 aromatic heterocycles. The lowest BCUT2D eigenvalue weighted by molar-refractivity contribution is 1.17. The average Bonchev–Trinajstić information content (AvgIpc) is 2.95. The fraction of sp³-hybridized carbons (Fsp3) is 0. The van der Waals surface area contributed by atoms with Crippen LogP contribution in [0.3, 0.4) is 0 Å². The molecule has 0 aliphatic heterocycles. The van der Waals surface area contributed by atoms with Gasteiger partial charge in [0.1, 0.15) is 6.33 Å². The Morgan fingerprint density at radius 1 is 0.389 bits per heavy atom. The number of hydrogen-bond donors (Lipinski definition) is 0. The van der Waals surface area contributed by atoms with E-state index in [1.165, 1.54) is 70.6 Å². The van der Waals surface area contributed by atoms with E-state index in [9.17, 15) is 0 Å². The zero-order valence-corrected chi connectivity index (χ0v) is 19.4. The van der Waals surface area contributed by atoms with Crippen LogP contribution in [0.1, 0.15) is 0 Å². The number of rotatable bonds is 2. The van der Waals surface area contributed by atoms with Gasteiger partial charge in [-0.15, -0.1) is 0 Å². The third-order valence-electron chi connectivity index (χ3n) is 7.58. The Morgan fingerprint density at radius 2 is 0.917 bits per heavy atom. The Morgan fingerprint density at radius 3 is 1.56 bits per heavy atom. The summed E-state index contributed by atoms with van der Waals surface area (Å²) in [6, 6.07) is 37.7. The van der Waals surface area contributed by atoms with Gasteiger partial charge in [-0.3, -0.25) is 0 Å². The Bertz CT molecular complexity index is 2020. The van der Waals surface area contributed by atoms with E-state index in [1.54, 1.807) is 6.33 Å². The van der Waals surface area contributed by atoms with Crippen LogP contribution >= 0.6 is 0 Å². The molecule has 166 valence electrons. The first-order chi connectivity index (χ1) is 17.9. The summed E-state index contributed by atoms with van der Waals surface area (Å²) in [5.41, 5.74) is 4.76. The summed E-state index contributed by atoms with van der Waals surface area (Å²) in [5.74, 6) is 0. The zero-order chi connectivity index (χ0) is 23.6. The van der Waals surface area contributed by atoms with Gasteiger partial charge in [0.05, 0.1) is 0 Å². The molecule has 0 amide bonds. The molecule has 0 spiro atoms. The van der Waals surface area contributed by atoms with Crippen LogP contribution in [0.25, 0.3) is 76.1 Å². The number of fused-ring (bicyclic) bond motifs is 2. The number of nitrogens with zero attached hydrogens (tertiary/aromatic N) is 2. The zero-order valence-electron chi connectivity index (χ0n) is 19.4. The lowest BCUT2D eigenvalue weighted by Crippen LogP contribution is -1.93. The van der Waals surface area contributed by atoms with Gasteiger partial charge in [-0.05, 0) is 65.0 Å². The van der Waals surface area contributed by atoms with Crippen molar-refractivity contribution in [1.29, 1.82) is 0 Å². The number of benzene rings is 7. The molecule has 0 N–H and O–H groups in total. The molecule has 0 aliphatic rings. The van der Waals surface area contributed by atoms with E-state index < -0.39 is 0 Å². The Labute approximate surface area is 207 Å². The molecule has 0 aliphatic carbocycles. The molecule has 0 saturated carbocycles. The molecular formula is C34H20N2. The standard InChI is InChI=1S/C34H20N2/c1-3-10-27-25(8-1)32(24-18-35-20-36-19-24)26-9-2-4-11-28(26)34(27)30-17-15-23-13-12-21-6-5-7-22-14-16-29(30)33(23)31(21)22/h1-20H. The van der Waals surface area contributed by atoms with Crippen molar-refractivity contribution in [2.24, 2.45) is 0 Å². The highest BCUT2D eigenvalue weighted by Gasteiger charge is 2.19. The highest BCUT2D eigenvalue weighted by atomic mass is 14.8. The highest BCUT2D eigenvalue weighted by molar-refractivity contribution is 6.29. The molecule has 0 atom stereocenters. The predicted octanol–water partition coefficient (Wildman–Crippen LogP) is 9.01. The summed E-state index contributed by atoms with van der Waals surface area (Å²) in [4.78, 5) is 8.66. The maximum absolute atomic E-state index is 4.33. The Balaban J connectivity index is 1.59. The molecule has 2 heteroatoms. The maximum atomic E-state index is 4.33. The average molecular weight is 457 g/mol. The van der Waals surface area contributed by atoms with Crippen LogP contribution in [0.2, 0.25) is 0 Å². The lowest BCUT2D eigenvalue weighted by atomic mass is 9.84. The van der Waals surface area contributed by atoms with E-state index >= 15 is 0 Å². The van der Waals surface area contributed by atoms with Crippen molar-refractivity contribution in [2.75, 3.05) is 0 Å². The second-order valence-electron chi connectivity index (χ2n) is 9.44. The summed E-state index contributed by atoms with van der Waals surface area (Å²) < 4.78 is 0. The first-order valence-electron chi connectivity index (χ1n) is 12.2. The van der Waals surface area contributed by atoms with E-state index in [-0.39, 0.29) is 0 Å². The van der Waals surface area contributed by atoms with E-state index in [1.807, 2.05) is 12.4 Å². The van der Waals surface area contributed by atoms with Crippen molar-refractivity contribution in [2.45, 2.75) is 0 Å². The topological polar surface area (TPSA) is 25.8 Å². The third kappa shape index (κ3) is 2.61. The minimum atomic E-state index is 1.03. The molecule has 7 aromatic carbocycles. The van der Waals surface area contributed by atoms with E-state index in [0.29, 0.717) is 0 Å². The van der Waals surface area contributed by atoms with Crippen LogP contribution in [0.4, 0.5) is 0 Å². The molecule has 0 saturated heterocycles. The van der Waals surface area contributed by atoms with Crippen molar-refractivity contribution < 1.29 is 0 Å². The Hall–Kier alpha value is -4.82. The SMILES string of the molecule is c1cc2ccc3ccc(-c4c5ccccc5c(-c5cncnc5)c5ccccc45)c4ccc(c1)c2c34. The van der Waals surface area contributed by atoms with Gasteiger partial charge in [-0.25, -0.2) is 9.97 Å². The minimum absolute atomic E-state index is 1.03. The van der Waals surface area contributed by atoms with Crippen molar-refractivity contribution >= 4 is 53.9 Å². The lowest BCUT2D eigenvalue weighted by Gasteiger charge is -2.19. The van der Waals surface area contributed by atoms with Crippen LogP contribution in [0.15, 0.2) is 122 Å². The Kier molecular flexibility index (Phi) is 3.97. The fourth-order valence-electron chi connectivity index (χ4n) is 6.11. The van der Waals surface area contributed by atoms with Crippen molar-refractivity contribution in [1.82, 2.24) is 9.97 Å². The van der Waals surface area contributed by atoms with Gasteiger partial charge in [0.15, 0.2) is 0 Å². The monoisotopic (exact) mass is 456 g/mol. The van der Waals surface area contributed by atoms with Crippen molar-refractivity contribution in [3.63, 3.8) is 0 Å². The minimum Gasteiger partial charge on any atom is -0.244 e. The van der Waals surface area contributed by atoms with Gasteiger partial charge in [0, 0.05) is 23.5 Å². The van der Waals surface area contributed by atoms with Crippen LogP contribution < -0.4 is 0 Å². The summed E-state index contributed by atoms with van der Waals surface area (Å²) in [7, 11) is 0. The van der Waals surface area contributed by atoms with E-state index in [2.05, 4.69) is 113 Å². The van der Waals surface area contributed by atoms with E-state index in [4.69, 9.17) is 0 Å². The quantitative estimate of drug-likeness (QED) is 0.192. The predicted molar refractivity (Wildman–Crippen MR) is 152 cm³/mol. The third-order valence-corrected chi connectivity index (χ3v) is 7.58. The fourth-order valence-corrected chi connectivity index (χ4v) is 6.11.